The van der Waals surface area contributed by atoms with E-state index in [2.05, 4.69) is 10.9 Å². The van der Waals surface area contributed by atoms with Crippen molar-refractivity contribution in [3.63, 3.8) is 0 Å². The van der Waals surface area contributed by atoms with E-state index in [0.717, 1.165) is 16.9 Å². The first-order valence-corrected chi connectivity index (χ1v) is 9.74. The molecule has 29 heavy (non-hydrogen) atoms. The first-order chi connectivity index (χ1) is 14.0. The molecule has 8 heteroatoms. The van der Waals surface area contributed by atoms with Crippen LogP contribution in [0.15, 0.2) is 36.4 Å². The van der Waals surface area contributed by atoms with Crippen LogP contribution in [0, 0.1) is 6.92 Å². The molecule has 7 nitrogen and oxygen atoms in total. The molecular formula is C21H23ClN2O5. The van der Waals surface area contributed by atoms with E-state index in [9.17, 15) is 9.59 Å². The number of hydrogen-bond donors (Lipinski definition) is 2. The summed E-state index contributed by atoms with van der Waals surface area (Å²) < 4.78 is 16.6. The monoisotopic (exact) mass is 418 g/mol. The molecule has 154 valence electrons. The van der Waals surface area contributed by atoms with Crippen LogP contribution in [0.1, 0.15) is 24.0 Å². The number of hydrogen-bond acceptors (Lipinski definition) is 5. The maximum Gasteiger partial charge on any atom is 0.242 e. The Morgan fingerprint density at radius 2 is 1.79 bits per heavy atom. The van der Waals surface area contributed by atoms with Crippen molar-refractivity contribution in [3.05, 3.63) is 52.5 Å². The predicted molar refractivity (Wildman–Crippen MR) is 108 cm³/mol. The lowest BCUT2D eigenvalue weighted by atomic mass is 10.1. The van der Waals surface area contributed by atoms with Gasteiger partial charge in [-0.3, -0.25) is 20.4 Å². The molecular weight excluding hydrogens is 396 g/mol. The van der Waals surface area contributed by atoms with Gasteiger partial charge in [0.15, 0.2) is 11.5 Å². The summed E-state index contributed by atoms with van der Waals surface area (Å²) in [6.45, 7) is 3.30. The van der Waals surface area contributed by atoms with Gasteiger partial charge in [-0.15, -0.1) is 0 Å². The van der Waals surface area contributed by atoms with Crippen LogP contribution in [-0.4, -0.2) is 31.6 Å². The number of halogens is 1. The highest BCUT2D eigenvalue weighted by molar-refractivity contribution is 6.30. The SMILES string of the molecule is Cc1cc(Cl)ccc1OCCCC(=O)NNC(=O)Cc1ccc2c(c1)OCCO2. The molecule has 0 bridgehead atoms. The quantitative estimate of drug-likeness (QED) is 0.533. The number of amides is 2. The molecule has 0 radical (unpaired) electrons. The van der Waals surface area contributed by atoms with Gasteiger partial charge in [-0.25, -0.2) is 0 Å². The Morgan fingerprint density at radius 1 is 1.03 bits per heavy atom. The molecule has 0 saturated carbocycles. The van der Waals surface area contributed by atoms with Gasteiger partial charge in [0, 0.05) is 11.4 Å². The van der Waals surface area contributed by atoms with E-state index < -0.39 is 0 Å². The highest BCUT2D eigenvalue weighted by atomic mass is 35.5. The molecule has 1 aliphatic heterocycles. The van der Waals surface area contributed by atoms with E-state index in [1.54, 1.807) is 30.3 Å². The zero-order valence-electron chi connectivity index (χ0n) is 16.1. The minimum atomic E-state index is -0.317. The molecule has 2 aromatic rings. The van der Waals surface area contributed by atoms with Crippen molar-refractivity contribution >= 4 is 23.4 Å². The third-order valence-electron chi connectivity index (χ3n) is 4.26. The average molecular weight is 419 g/mol. The summed E-state index contributed by atoms with van der Waals surface area (Å²) in [4.78, 5) is 23.9. The van der Waals surface area contributed by atoms with Crippen molar-refractivity contribution in [3.8, 4) is 17.2 Å². The first kappa shape index (κ1) is 20.8. The fourth-order valence-electron chi connectivity index (χ4n) is 2.82. The summed E-state index contributed by atoms with van der Waals surface area (Å²) in [6.07, 6.45) is 0.874. The van der Waals surface area contributed by atoms with Gasteiger partial charge in [0.25, 0.3) is 0 Å². The summed E-state index contributed by atoms with van der Waals surface area (Å²) in [7, 11) is 0. The minimum Gasteiger partial charge on any atom is -0.493 e. The summed E-state index contributed by atoms with van der Waals surface area (Å²) in [5.41, 5.74) is 6.54. The molecule has 2 aromatic carbocycles. The predicted octanol–water partition coefficient (Wildman–Crippen LogP) is 2.97. The Bertz CT molecular complexity index is 887. The molecule has 0 aliphatic carbocycles. The summed E-state index contributed by atoms with van der Waals surface area (Å²) >= 11 is 5.91. The van der Waals surface area contributed by atoms with E-state index in [1.807, 2.05) is 13.0 Å². The molecule has 0 atom stereocenters. The maximum atomic E-state index is 12.0. The number of rotatable bonds is 7. The lowest BCUT2D eigenvalue weighted by molar-refractivity contribution is -0.128. The molecule has 1 heterocycles. The Labute approximate surface area is 174 Å². The third-order valence-corrected chi connectivity index (χ3v) is 4.49. The number of hydrazine groups is 1. The normalized spacial score (nSPS) is 12.2. The van der Waals surface area contributed by atoms with Gasteiger partial charge in [-0.1, -0.05) is 17.7 Å². The largest absolute Gasteiger partial charge is 0.493 e. The van der Waals surface area contributed by atoms with Crippen molar-refractivity contribution < 1.29 is 23.8 Å². The lowest BCUT2D eigenvalue weighted by Gasteiger charge is -2.18. The van der Waals surface area contributed by atoms with E-state index in [0.29, 0.717) is 42.8 Å². The number of ether oxygens (including phenoxy) is 3. The lowest BCUT2D eigenvalue weighted by Crippen LogP contribution is -2.42. The number of nitrogens with one attached hydrogen (secondary N) is 2. The van der Waals surface area contributed by atoms with Crippen LogP contribution in [0.3, 0.4) is 0 Å². The second-order valence-corrected chi connectivity index (χ2v) is 7.05. The minimum absolute atomic E-state index is 0.121. The van der Waals surface area contributed by atoms with Crippen LogP contribution in [0.25, 0.3) is 0 Å². The van der Waals surface area contributed by atoms with Crippen LogP contribution < -0.4 is 25.1 Å². The van der Waals surface area contributed by atoms with Gasteiger partial charge in [0.1, 0.15) is 19.0 Å². The highest BCUT2D eigenvalue weighted by Crippen LogP contribution is 2.30. The average Bonchev–Trinajstić information content (AvgIpc) is 2.71. The van der Waals surface area contributed by atoms with Crippen molar-refractivity contribution in [2.45, 2.75) is 26.2 Å². The number of carbonyl (C=O) groups is 2. The van der Waals surface area contributed by atoms with Crippen molar-refractivity contribution in [1.29, 1.82) is 0 Å². The molecule has 2 N–H and O–H groups in total. The van der Waals surface area contributed by atoms with Crippen molar-refractivity contribution in [2.24, 2.45) is 0 Å². The van der Waals surface area contributed by atoms with Crippen LogP contribution in [-0.2, 0) is 16.0 Å². The Hall–Kier alpha value is -2.93. The van der Waals surface area contributed by atoms with Gasteiger partial charge >= 0.3 is 0 Å². The molecule has 1 aliphatic rings. The fourth-order valence-corrected chi connectivity index (χ4v) is 3.05. The number of benzene rings is 2. The van der Waals surface area contributed by atoms with E-state index in [1.165, 1.54) is 0 Å². The second-order valence-electron chi connectivity index (χ2n) is 6.61. The number of carbonyl (C=O) groups excluding carboxylic acids is 2. The van der Waals surface area contributed by atoms with Crippen molar-refractivity contribution in [2.75, 3.05) is 19.8 Å². The molecule has 0 aromatic heterocycles. The van der Waals surface area contributed by atoms with Crippen LogP contribution >= 0.6 is 11.6 Å². The Kier molecular flexibility index (Phi) is 7.19. The zero-order valence-corrected chi connectivity index (χ0v) is 16.9. The zero-order chi connectivity index (χ0) is 20.6. The maximum absolute atomic E-state index is 12.0. The Balaban J connectivity index is 1.34. The van der Waals surface area contributed by atoms with Gasteiger partial charge in [-0.2, -0.15) is 0 Å². The van der Waals surface area contributed by atoms with E-state index >= 15 is 0 Å². The van der Waals surface area contributed by atoms with Crippen LogP contribution in [0.5, 0.6) is 17.2 Å². The smallest absolute Gasteiger partial charge is 0.242 e. The third kappa shape index (κ3) is 6.29. The molecule has 2 amide bonds. The van der Waals surface area contributed by atoms with Gasteiger partial charge in [0.2, 0.25) is 11.8 Å². The highest BCUT2D eigenvalue weighted by Gasteiger charge is 2.13. The standard InChI is InChI=1S/C21H23ClN2O5/c1-14-11-16(22)5-7-17(14)27-8-2-3-20(25)23-24-21(26)13-15-4-6-18-19(12-15)29-10-9-28-18/h4-7,11-12H,2-3,8-10,13H2,1H3,(H,23,25)(H,24,26). The fraction of sp³-hybridized carbons (Fsp3) is 0.333. The summed E-state index contributed by atoms with van der Waals surface area (Å²) in [5, 5.41) is 0.654. The number of aryl methyl sites for hydroxylation is 1. The molecule has 0 saturated heterocycles. The van der Waals surface area contributed by atoms with Crippen LogP contribution in [0.4, 0.5) is 0 Å². The van der Waals surface area contributed by atoms with Gasteiger partial charge in [-0.05, 0) is 54.8 Å². The first-order valence-electron chi connectivity index (χ1n) is 9.36. The summed E-state index contributed by atoms with van der Waals surface area (Å²) in [5.74, 6) is 1.44. The van der Waals surface area contributed by atoms with Gasteiger partial charge in [0.05, 0.1) is 13.0 Å². The molecule has 0 fully saturated rings. The van der Waals surface area contributed by atoms with Crippen LogP contribution in [0.2, 0.25) is 5.02 Å². The molecule has 3 rings (SSSR count). The van der Waals surface area contributed by atoms with Crippen molar-refractivity contribution in [1.82, 2.24) is 10.9 Å². The number of fused-ring (bicyclic) bond motifs is 1. The van der Waals surface area contributed by atoms with E-state index in [-0.39, 0.29) is 24.7 Å². The topological polar surface area (TPSA) is 85.9 Å². The molecule has 0 spiro atoms. The second kappa shape index (κ2) is 10.0. The van der Waals surface area contributed by atoms with Gasteiger partial charge < -0.3 is 14.2 Å². The Morgan fingerprint density at radius 3 is 2.59 bits per heavy atom. The summed E-state index contributed by atoms with van der Waals surface area (Å²) in [6, 6.07) is 10.7. The van der Waals surface area contributed by atoms with E-state index in [4.69, 9.17) is 25.8 Å². The molecule has 0 unspecified atom stereocenters.